The Bertz CT molecular complexity index is 345. The monoisotopic (exact) mass is 247 g/mol. The second-order valence-corrected chi connectivity index (χ2v) is 5.05. The first-order chi connectivity index (χ1) is 8.85. The van der Waals surface area contributed by atoms with Gasteiger partial charge in [-0.2, -0.15) is 0 Å². The molecule has 0 unspecified atom stereocenters. The zero-order chi connectivity index (χ0) is 12.8. The van der Waals surface area contributed by atoms with Gasteiger partial charge in [-0.1, -0.05) is 19.4 Å². The van der Waals surface area contributed by atoms with E-state index in [1.54, 1.807) is 0 Å². The number of nitrogens with zero attached hydrogens (tertiary/aromatic N) is 2. The molecular formula is C15H25N3. The van der Waals surface area contributed by atoms with E-state index in [2.05, 4.69) is 47.4 Å². The van der Waals surface area contributed by atoms with Gasteiger partial charge in [0.2, 0.25) is 0 Å². The Morgan fingerprint density at radius 3 is 2.89 bits per heavy atom. The molecule has 1 aliphatic heterocycles. The highest BCUT2D eigenvalue weighted by Crippen LogP contribution is 2.30. The van der Waals surface area contributed by atoms with Crippen LogP contribution in [0, 0.1) is 0 Å². The highest BCUT2D eigenvalue weighted by molar-refractivity contribution is 5.36. The van der Waals surface area contributed by atoms with Gasteiger partial charge in [0.15, 0.2) is 0 Å². The molecule has 0 aromatic carbocycles. The van der Waals surface area contributed by atoms with Crippen LogP contribution in [0.1, 0.15) is 51.1 Å². The fourth-order valence-corrected chi connectivity index (χ4v) is 2.81. The molecule has 1 atom stereocenters. The zero-order valence-electron chi connectivity index (χ0n) is 11.7. The summed E-state index contributed by atoms with van der Waals surface area (Å²) in [4.78, 5) is 7.12. The van der Waals surface area contributed by atoms with E-state index in [-0.39, 0.29) is 0 Å². The van der Waals surface area contributed by atoms with Gasteiger partial charge in [0, 0.05) is 18.8 Å². The molecule has 0 saturated carbocycles. The van der Waals surface area contributed by atoms with E-state index in [1.165, 1.54) is 44.3 Å². The number of nitrogens with one attached hydrogen (secondary N) is 1. The molecule has 100 valence electrons. The van der Waals surface area contributed by atoms with Crippen molar-refractivity contribution in [3.8, 4) is 0 Å². The number of likely N-dealkylation sites (tertiary alicyclic amines) is 1. The molecule has 0 bridgehead atoms. The minimum absolute atomic E-state index is 0.585. The summed E-state index contributed by atoms with van der Waals surface area (Å²) in [6, 6.07) is 4.93. The number of piperidine rings is 1. The maximum Gasteiger partial charge on any atom is 0.125 e. The number of rotatable bonds is 5. The predicted octanol–water partition coefficient (Wildman–Crippen LogP) is 3.45. The Morgan fingerprint density at radius 1 is 1.33 bits per heavy atom. The Kier molecular flexibility index (Phi) is 5.00. The van der Waals surface area contributed by atoms with Crippen molar-refractivity contribution >= 4 is 5.82 Å². The largest absolute Gasteiger partial charge is 0.370 e. The standard InChI is InChI=1S/C15H25N3/c1-3-10-18-11-6-5-7-14(18)13-8-9-15(16-4-2)17-12-13/h8-9,12,14H,3-7,10-11H2,1-2H3,(H,16,17)/t14-/m1/s1. The number of pyridine rings is 1. The van der Waals surface area contributed by atoms with Crippen LogP contribution in [-0.4, -0.2) is 29.5 Å². The van der Waals surface area contributed by atoms with Crippen molar-refractivity contribution in [1.29, 1.82) is 0 Å². The van der Waals surface area contributed by atoms with Crippen molar-refractivity contribution in [2.45, 2.75) is 45.6 Å². The van der Waals surface area contributed by atoms with Crippen molar-refractivity contribution in [1.82, 2.24) is 9.88 Å². The lowest BCUT2D eigenvalue weighted by Crippen LogP contribution is -2.34. The van der Waals surface area contributed by atoms with E-state index in [9.17, 15) is 0 Å². The molecule has 1 N–H and O–H groups in total. The first-order valence-electron chi connectivity index (χ1n) is 7.29. The van der Waals surface area contributed by atoms with Gasteiger partial charge in [0.25, 0.3) is 0 Å². The van der Waals surface area contributed by atoms with E-state index in [4.69, 9.17) is 0 Å². The summed E-state index contributed by atoms with van der Waals surface area (Å²) < 4.78 is 0. The summed E-state index contributed by atoms with van der Waals surface area (Å²) in [6.07, 6.45) is 7.26. The topological polar surface area (TPSA) is 28.2 Å². The van der Waals surface area contributed by atoms with Gasteiger partial charge in [0.05, 0.1) is 0 Å². The third-order valence-electron chi connectivity index (χ3n) is 3.65. The van der Waals surface area contributed by atoms with Gasteiger partial charge in [-0.15, -0.1) is 0 Å². The second kappa shape index (κ2) is 6.74. The number of aromatic nitrogens is 1. The van der Waals surface area contributed by atoms with Crippen LogP contribution < -0.4 is 5.32 Å². The van der Waals surface area contributed by atoms with Crippen molar-refractivity contribution in [3.05, 3.63) is 23.9 Å². The van der Waals surface area contributed by atoms with Crippen LogP contribution in [0.3, 0.4) is 0 Å². The number of hydrogen-bond donors (Lipinski definition) is 1. The lowest BCUT2D eigenvalue weighted by atomic mass is 9.96. The molecule has 3 heteroatoms. The molecule has 3 nitrogen and oxygen atoms in total. The van der Waals surface area contributed by atoms with Crippen LogP contribution in [0.5, 0.6) is 0 Å². The van der Waals surface area contributed by atoms with E-state index >= 15 is 0 Å². The number of hydrogen-bond acceptors (Lipinski definition) is 3. The highest BCUT2D eigenvalue weighted by atomic mass is 15.2. The Morgan fingerprint density at radius 2 is 2.22 bits per heavy atom. The van der Waals surface area contributed by atoms with Crippen LogP contribution in [0.4, 0.5) is 5.82 Å². The fraction of sp³-hybridized carbons (Fsp3) is 0.667. The molecule has 0 radical (unpaired) electrons. The lowest BCUT2D eigenvalue weighted by molar-refractivity contribution is 0.149. The van der Waals surface area contributed by atoms with Crippen molar-refractivity contribution in [3.63, 3.8) is 0 Å². The molecule has 2 heterocycles. The van der Waals surface area contributed by atoms with E-state index < -0.39 is 0 Å². The van der Waals surface area contributed by atoms with Crippen molar-refractivity contribution < 1.29 is 0 Å². The molecule has 1 saturated heterocycles. The van der Waals surface area contributed by atoms with Crippen LogP contribution in [0.25, 0.3) is 0 Å². The third kappa shape index (κ3) is 3.22. The summed E-state index contributed by atoms with van der Waals surface area (Å²) in [5.74, 6) is 0.985. The normalized spacial score (nSPS) is 20.9. The van der Waals surface area contributed by atoms with Crippen LogP contribution in [0.2, 0.25) is 0 Å². The van der Waals surface area contributed by atoms with Gasteiger partial charge in [-0.25, -0.2) is 4.98 Å². The molecule has 0 amide bonds. The minimum Gasteiger partial charge on any atom is -0.370 e. The summed E-state index contributed by atoms with van der Waals surface area (Å²) in [5, 5.41) is 3.25. The third-order valence-corrected chi connectivity index (χ3v) is 3.65. The molecule has 1 aliphatic rings. The minimum atomic E-state index is 0.585. The van der Waals surface area contributed by atoms with Gasteiger partial charge < -0.3 is 5.32 Å². The zero-order valence-corrected chi connectivity index (χ0v) is 11.7. The fourth-order valence-electron chi connectivity index (χ4n) is 2.81. The summed E-state index contributed by atoms with van der Waals surface area (Å²) in [5.41, 5.74) is 1.38. The SMILES string of the molecule is CCCN1CCCC[C@@H]1c1ccc(NCC)nc1. The van der Waals surface area contributed by atoms with Gasteiger partial charge in [-0.05, 0) is 50.9 Å². The van der Waals surface area contributed by atoms with Crippen molar-refractivity contribution in [2.75, 3.05) is 25.0 Å². The van der Waals surface area contributed by atoms with E-state index in [0.29, 0.717) is 6.04 Å². The summed E-state index contributed by atoms with van der Waals surface area (Å²) >= 11 is 0. The maximum atomic E-state index is 4.50. The van der Waals surface area contributed by atoms with Gasteiger partial charge in [-0.3, -0.25) is 4.90 Å². The molecular weight excluding hydrogens is 222 g/mol. The first-order valence-corrected chi connectivity index (χ1v) is 7.29. The molecule has 0 aliphatic carbocycles. The average molecular weight is 247 g/mol. The van der Waals surface area contributed by atoms with Crippen LogP contribution >= 0.6 is 0 Å². The molecule has 1 aromatic rings. The Labute approximate surface area is 111 Å². The predicted molar refractivity (Wildman–Crippen MR) is 76.9 cm³/mol. The van der Waals surface area contributed by atoms with Crippen molar-refractivity contribution in [2.24, 2.45) is 0 Å². The van der Waals surface area contributed by atoms with Crippen LogP contribution in [-0.2, 0) is 0 Å². The smallest absolute Gasteiger partial charge is 0.125 e. The summed E-state index contributed by atoms with van der Waals surface area (Å²) in [7, 11) is 0. The second-order valence-electron chi connectivity index (χ2n) is 5.05. The van der Waals surface area contributed by atoms with E-state index in [1.807, 2.05) is 0 Å². The van der Waals surface area contributed by atoms with Gasteiger partial charge >= 0.3 is 0 Å². The quantitative estimate of drug-likeness (QED) is 0.863. The molecule has 18 heavy (non-hydrogen) atoms. The first kappa shape index (κ1) is 13.3. The van der Waals surface area contributed by atoms with E-state index in [0.717, 1.165) is 12.4 Å². The molecule has 1 aromatic heterocycles. The summed E-state index contributed by atoms with van der Waals surface area (Å²) in [6.45, 7) is 7.74. The lowest BCUT2D eigenvalue weighted by Gasteiger charge is -2.35. The van der Waals surface area contributed by atoms with Crippen LogP contribution in [0.15, 0.2) is 18.3 Å². The maximum absolute atomic E-state index is 4.50. The Hall–Kier alpha value is -1.09. The van der Waals surface area contributed by atoms with Gasteiger partial charge in [0.1, 0.15) is 5.82 Å². The molecule has 1 fully saturated rings. The average Bonchev–Trinajstić information content (AvgIpc) is 2.41. The molecule has 0 spiro atoms. The molecule has 2 rings (SSSR count). The highest BCUT2D eigenvalue weighted by Gasteiger charge is 2.23. The Balaban J connectivity index is 2.07. The number of anilines is 1.